The van der Waals surface area contributed by atoms with Gasteiger partial charge in [0.25, 0.3) is 0 Å². The minimum Gasteiger partial charge on any atom is -0.298 e. The van der Waals surface area contributed by atoms with Crippen LogP contribution >= 0.6 is 0 Å². The smallest absolute Gasteiger partial charge is 0.0209 e. The predicted molar refractivity (Wildman–Crippen MR) is 98.1 cm³/mol. The van der Waals surface area contributed by atoms with E-state index in [1.807, 2.05) is 0 Å². The van der Waals surface area contributed by atoms with E-state index in [4.69, 9.17) is 0 Å². The van der Waals surface area contributed by atoms with Crippen LogP contribution < -0.4 is 0 Å². The van der Waals surface area contributed by atoms with Crippen LogP contribution in [0.2, 0.25) is 0 Å². The van der Waals surface area contributed by atoms with E-state index in [9.17, 15) is 0 Å². The highest BCUT2D eigenvalue weighted by Crippen LogP contribution is 2.34. The lowest BCUT2D eigenvalue weighted by molar-refractivity contribution is 0.0522. The maximum absolute atomic E-state index is 2.91. The Labute approximate surface area is 135 Å². The van der Waals surface area contributed by atoms with Crippen LogP contribution in [0.15, 0.2) is 0 Å². The monoisotopic (exact) mass is 297 g/mol. The molecule has 0 heterocycles. The lowest BCUT2D eigenvalue weighted by Gasteiger charge is -2.45. The van der Waals surface area contributed by atoms with E-state index < -0.39 is 0 Å². The summed E-state index contributed by atoms with van der Waals surface area (Å²) in [5, 5.41) is 0. The van der Waals surface area contributed by atoms with Crippen molar-refractivity contribution in [1.82, 2.24) is 4.90 Å². The molecule has 0 atom stereocenters. The van der Waals surface area contributed by atoms with Crippen LogP contribution in [-0.2, 0) is 0 Å². The molecule has 0 unspecified atom stereocenters. The van der Waals surface area contributed by atoms with E-state index in [0.717, 1.165) is 0 Å². The van der Waals surface area contributed by atoms with Crippen LogP contribution in [0.3, 0.4) is 0 Å². The fourth-order valence-corrected chi connectivity index (χ4v) is 3.61. The highest BCUT2D eigenvalue weighted by molar-refractivity contribution is 4.90. The summed E-state index contributed by atoms with van der Waals surface area (Å²) < 4.78 is 0. The molecule has 21 heavy (non-hydrogen) atoms. The van der Waals surface area contributed by atoms with Crippen molar-refractivity contribution < 1.29 is 0 Å². The SMILES string of the molecule is CCCCN(CCCC)C(CCC)(CCCC)CCCC. The zero-order chi connectivity index (χ0) is 16.0. The van der Waals surface area contributed by atoms with Gasteiger partial charge in [-0.25, -0.2) is 0 Å². The minimum absolute atomic E-state index is 0.505. The van der Waals surface area contributed by atoms with Crippen LogP contribution in [0.4, 0.5) is 0 Å². The molecule has 0 aromatic heterocycles. The molecule has 0 N–H and O–H groups in total. The number of rotatable bonds is 15. The van der Waals surface area contributed by atoms with Gasteiger partial charge in [0.1, 0.15) is 0 Å². The molecule has 0 saturated heterocycles. The average molecular weight is 298 g/mol. The van der Waals surface area contributed by atoms with Gasteiger partial charge in [0.2, 0.25) is 0 Å². The van der Waals surface area contributed by atoms with Gasteiger partial charge in [0, 0.05) is 5.54 Å². The first-order valence-corrected chi connectivity index (χ1v) is 9.95. The summed E-state index contributed by atoms with van der Waals surface area (Å²) >= 11 is 0. The van der Waals surface area contributed by atoms with Gasteiger partial charge in [-0.3, -0.25) is 4.90 Å². The van der Waals surface area contributed by atoms with Crippen molar-refractivity contribution >= 4 is 0 Å². The molecule has 0 aromatic rings. The van der Waals surface area contributed by atoms with Crippen molar-refractivity contribution in [3.05, 3.63) is 0 Å². The summed E-state index contributed by atoms with van der Waals surface area (Å²) in [4.78, 5) is 2.91. The molecule has 0 spiro atoms. The predicted octanol–water partition coefficient (Wildman–Crippen LogP) is 6.81. The number of hydrogen-bond donors (Lipinski definition) is 0. The summed E-state index contributed by atoms with van der Waals surface area (Å²) in [6.07, 6.45) is 16.5. The van der Waals surface area contributed by atoms with E-state index in [1.54, 1.807) is 0 Å². The molecule has 0 aliphatic rings. The third-order valence-electron chi connectivity index (χ3n) is 4.94. The minimum atomic E-state index is 0.505. The number of nitrogens with zero attached hydrogens (tertiary/aromatic N) is 1. The zero-order valence-electron chi connectivity index (χ0n) is 15.8. The maximum Gasteiger partial charge on any atom is 0.0209 e. The first-order chi connectivity index (χ1) is 10.2. The second-order valence-corrected chi connectivity index (χ2v) is 6.88. The molecule has 0 saturated carbocycles. The molecule has 0 aliphatic heterocycles. The van der Waals surface area contributed by atoms with Gasteiger partial charge in [0.05, 0.1) is 0 Å². The quantitative estimate of drug-likeness (QED) is 0.321. The summed E-state index contributed by atoms with van der Waals surface area (Å²) in [5.74, 6) is 0. The summed E-state index contributed by atoms with van der Waals surface area (Å²) in [6.45, 7) is 14.4. The first-order valence-electron chi connectivity index (χ1n) is 9.95. The van der Waals surface area contributed by atoms with Crippen LogP contribution in [-0.4, -0.2) is 23.5 Å². The van der Waals surface area contributed by atoms with Crippen LogP contribution in [0, 0.1) is 0 Å². The van der Waals surface area contributed by atoms with Crippen LogP contribution in [0.1, 0.15) is 112 Å². The van der Waals surface area contributed by atoms with Gasteiger partial charge < -0.3 is 0 Å². The van der Waals surface area contributed by atoms with Crippen molar-refractivity contribution in [2.45, 2.75) is 117 Å². The number of unbranched alkanes of at least 4 members (excludes halogenated alkanes) is 4. The Morgan fingerprint density at radius 2 is 0.952 bits per heavy atom. The topological polar surface area (TPSA) is 3.24 Å². The molecule has 128 valence electrons. The lowest BCUT2D eigenvalue weighted by Crippen LogP contribution is -2.49. The van der Waals surface area contributed by atoms with Crippen molar-refractivity contribution in [3.8, 4) is 0 Å². The lowest BCUT2D eigenvalue weighted by atomic mass is 9.81. The Bertz CT molecular complexity index is 196. The Balaban J connectivity index is 5.05. The third kappa shape index (κ3) is 8.24. The van der Waals surface area contributed by atoms with E-state index in [-0.39, 0.29) is 0 Å². The second kappa shape index (κ2) is 13.6. The number of hydrogen-bond acceptors (Lipinski definition) is 1. The molecular weight excluding hydrogens is 254 g/mol. The Kier molecular flexibility index (Phi) is 13.6. The third-order valence-corrected chi connectivity index (χ3v) is 4.94. The largest absolute Gasteiger partial charge is 0.298 e. The van der Waals surface area contributed by atoms with E-state index in [2.05, 4.69) is 39.5 Å². The van der Waals surface area contributed by atoms with Crippen LogP contribution in [0.5, 0.6) is 0 Å². The standard InChI is InChI=1S/C20H43N/c1-6-11-16-20(15-10-5,17-12-7-2)21(18-13-8-3)19-14-9-4/h6-19H2,1-5H3. The Hall–Kier alpha value is -0.0400. The molecule has 0 radical (unpaired) electrons. The van der Waals surface area contributed by atoms with E-state index in [1.165, 1.54) is 90.1 Å². The van der Waals surface area contributed by atoms with Gasteiger partial charge in [-0.1, -0.05) is 79.6 Å². The highest BCUT2D eigenvalue weighted by Gasteiger charge is 2.33. The average Bonchev–Trinajstić information content (AvgIpc) is 2.50. The summed E-state index contributed by atoms with van der Waals surface area (Å²) in [5.41, 5.74) is 0.505. The fourth-order valence-electron chi connectivity index (χ4n) is 3.61. The van der Waals surface area contributed by atoms with Crippen molar-refractivity contribution in [1.29, 1.82) is 0 Å². The van der Waals surface area contributed by atoms with Gasteiger partial charge in [-0.15, -0.1) is 0 Å². The van der Waals surface area contributed by atoms with Gasteiger partial charge >= 0.3 is 0 Å². The van der Waals surface area contributed by atoms with Crippen LogP contribution in [0.25, 0.3) is 0 Å². The van der Waals surface area contributed by atoms with Gasteiger partial charge in [-0.05, 0) is 45.2 Å². The first kappa shape index (κ1) is 21.0. The highest BCUT2D eigenvalue weighted by atomic mass is 15.2. The fraction of sp³-hybridized carbons (Fsp3) is 1.00. The Morgan fingerprint density at radius 1 is 0.524 bits per heavy atom. The molecule has 0 amide bonds. The summed E-state index contributed by atoms with van der Waals surface area (Å²) in [7, 11) is 0. The zero-order valence-corrected chi connectivity index (χ0v) is 15.8. The molecule has 1 nitrogen and oxygen atoms in total. The molecule has 0 aromatic carbocycles. The molecule has 0 rings (SSSR count). The normalized spacial score (nSPS) is 12.3. The van der Waals surface area contributed by atoms with Crippen molar-refractivity contribution in [2.24, 2.45) is 0 Å². The van der Waals surface area contributed by atoms with Gasteiger partial charge in [0.15, 0.2) is 0 Å². The summed E-state index contributed by atoms with van der Waals surface area (Å²) in [6, 6.07) is 0. The van der Waals surface area contributed by atoms with Crippen molar-refractivity contribution in [2.75, 3.05) is 13.1 Å². The molecule has 0 fully saturated rings. The van der Waals surface area contributed by atoms with Gasteiger partial charge in [-0.2, -0.15) is 0 Å². The molecular formula is C20H43N. The van der Waals surface area contributed by atoms with E-state index in [0.29, 0.717) is 5.54 Å². The molecule has 0 bridgehead atoms. The molecule has 0 aliphatic carbocycles. The second-order valence-electron chi connectivity index (χ2n) is 6.88. The maximum atomic E-state index is 2.91. The van der Waals surface area contributed by atoms with Crippen molar-refractivity contribution in [3.63, 3.8) is 0 Å². The van der Waals surface area contributed by atoms with E-state index >= 15 is 0 Å². The Morgan fingerprint density at radius 3 is 1.29 bits per heavy atom. The molecule has 1 heteroatoms.